The predicted molar refractivity (Wildman–Crippen MR) is 275 cm³/mol. The molecule has 0 spiro atoms. The van der Waals surface area contributed by atoms with Crippen molar-refractivity contribution in [2.24, 2.45) is 5.11 Å². The molecule has 6 N–H and O–H groups in total. The molecule has 0 fully saturated rings. The third-order valence-corrected chi connectivity index (χ3v) is 11.1. The minimum Gasteiger partial charge on any atom is -0.481 e. The zero-order chi connectivity index (χ0) is 51.9. The van der Waals surface area contributed by atoms with E-state index in [4.69, 9.17) is 29.2 Å². The number of carbonyl (C=O) groups excluding carboxylic acids is 4. The predicted octanol–water partition coefficient (Wildman–Crippen LogP) is 5.70. The van der Waals surface area contributed by atoms with E-state index >= 15 is 0 Å². The second kappa shape index (κ2) is 32.5. The number of azide groups is 1. The maximum atomic E-state index is 14.1. The largest absolute Gasteiger partial charge is 0.481 e. The molecule has 4 aromatic carbocycles. The second-order valence-electron chi connectivity index (χ2n) is 16.6. The SMILES string of the molecule is Cc1ccnc(NCCCC(=O)NCC(=O)N[C@@H](CC(=O)O)c2ccc(-c3ccc(C(=O)N[C@@H](Cc4ccccc4)C(=O)NCCOCCOCCOCCOCCOCCN=[N+]=[N-])c4ccccc34)cc2)c1. The van der Waals surface area contributed by atoms with Crippen LogP contribution in [0.15, 0.2) is 114 Å². The molecule has 0 radical (unpaired) electrons. The quantitative estimate of drug-likeness (QED) is 0.0123. The Morgan fingerprint density at radius 2 is 1.34 bits per heavy atom. The number of carboxylic acids is 1. The van der Waals surface area contributed by atoms with Crippen LogP contribution in [0.3, 0.4) is 0 Å². The van der Waals surface area contributed by atoms with Crippen LogP contribution in [0, 0.1) is 6.92 Å². The molecule has 0 aliphatic rings. The van der Waals surface area contributed by atoms with E-state index in [0.29, 0.717) is 88.9 Å². The summed E-state index contributed by atoms with van der Waals surface area (Å²) in [6.45, 7) is 6.35. The Bertz CT molecular complexity index is 2560. The number of hydrogen-bond acceptors (Lipinski definition) is 13. The van der Waals surface area contributed by atoms with Gasteiger partial charge in [-0.1, -0.05) is 90.0 Å². The molecule has 4 amide bonds. The van der Waals surface area contributed by atoms with Crippen LogP contribution < -0.4 is 26.6 Å². The Morgan fingerprint density at radius 1 is 0.699 bits per heavy atom. The molecular formula is C53H65N9O11. The van der Waals surface area contributed by atoms with Crippen molar-refractivity contribution >= 4 is 46.2 Å². The van der Waals surface area contributed by atoms with Crippen LogP contribution >= 0.6 is 0 Å². The first-order valence-electron chi connectivity index (χ1n) is 24.2. The summed E-state index contributed by atoms with van der Waals surface area (Å²) >= 11 is 0. The van der Waals surface area contributed by atoms with E-state index in [1.807, 2.05) is 91.9 Å². The topological polar surface area (TPSA) is 274 Å². The number of aromatic nitrogens is 1. The first-order chi connectivity index (χ1) is 35.6. The van der Waals surface area contributed by atoms with Gasteiger partial charge in [0, 0.05) is 49.1 Å². The molecule has 0 bridgehead atoms. The molecule has 73 heavy (non-hydrogen) atoms. The van der Waals surface area contributed by atoms with Crippen LogP contribution in [0.5, 0.6) is 0 Å². The minimum absolute atomic E-state index is 0.189. The highest BCUT2D eigenvalue weighted by Crippen LogP contribution is 2.32. The number of aliphatic carboxylic acids is 1. The number of nitrogens with one attached hydrogen (secondary N) is 5. The fourth-order valence-corrected chi connectivity index (χ4v) is 7.48. The Labute approximate surface area is 424 Å². The van der Waals surface area contributed by atoms with Gasteiger partial charge in [0.1, 0.15) is 11.9 Å². The zero-order valence-electron chi connectivity index (χ0n) is 41.1. The molecule has 388 valence electrons. The second-order valence-corrected chi connectivity index (χ2v) is 16.6. The number of aryl methyl sites for hydroxylation is 1. The molecule has 0 aliphatic carbocycles. The number of ether oxygens (including phenoxy) is 5. The van der Waals surface area contributed by atoms with Gasteiger partial charge in [-0.2, -0.15) is 0 Å². The van der Waals surface area contributed by atoms with Crippen molar-refractivity contribution in [1.29, 1.82) is 0 Å². The van der Waals surface area contributed by atoms with Crippen LogP contribution in [0.1, 0.15) is 52.4 Å². The summed E-state index contributed by atoms with van der Waals surface area (Å²) in [5.41, 5.74) is 12.7. The zero-order valence-corrected chi connectivity index (χ0v) is 41.1. The highest BCUT2D eigenvalue weighted by molar-refractivity contribution is 6.11. The lowest BCUT2D eigenvalue weighted by atomic mass is 9.93. The Kier molecular flexibility index (Phi) is 25.1. The number of benzene rings is 4. The third-order valence-electron chi connectivity index (χ3n) is 11.1. The first-order valence-corrected chi connectivity index (χ1v) is 24.2. The van der Waals surface area contributed by atoms with Gasteiger partial charge < -0.3 is 55.4 Å². The summed E-state index contributed by atoms with van der Waals surface area (Å²) in [7, 11) is 0. The van der Waals surface area contributed by atoms with Crippen molar-refractivity contribution in [3.63, 3.8) is 0 Å². The molecule has 20 nitrogen and oxygen atoms in total. The smallest absolute Gasteiger partial charge is 0.305 e. The van der Waals surface area contributed by atoms with Gasteiger partial charge in [-0.15, -0.1) is 0 Å². The molecule has 2 atom stereocenters. The van der Waals surface area contributed by atoms with Crippen LogP contribution in [0.25, 0.3) is 32.3 Å². The van der Waals surface area contributed by atoms with Gasteiger partial charge in [0.05, 0.1) is 85.1 Å². The number of carbonyl (C=O) groups is 5. The highest BCUT2D eigenvalue weighted by Gasteiger charge is 2.24. The fourth-order valence-electron chi connectivity index (χ4n) is 7.48. The Hall–Kier alpha value is -7.45. The molecule has 0 saturated carbocycles. The van der Waals surface area contributed by atoms with Crippen LogP contribution in [-0.4, -0.2) is 138 Å². The lowest BCUT2D eigenvalue weighted by Gasteiger charge is -2.20. The molecule has 1 heterocycles. The van der Waals surface area contributed by atoms with Crippen molar-refractivity contribution in [2.45, 2.75) is 44.7 Å². The van der Waals surface area contributed by atoms with Crippen molar-refractivity contribution in [1.82, 2.24) is 26.3 Å². The van der Waals surface area contributed by atoms with Crippen molar-refractivity contribution in [3.05, 3.63) is 142 Å². The summed E-state index contributed by atoms with van der Waals surface area (Å²) in [6, 6.07) is 29.6. The number of hydrogen-bond donors (Lipinski definition) is 6. The minimum atomic E-state index is -1.11. The number of nitrogens with zero attached hydrogens (tertiary/aromatic N) is 4. The third kappa shape index (κ3) is 21.0. The van der Waals surface area contributed by atoms with Crippen LogP contribution in [-0.2, 0) is 49.3 Å². The molecule has 0 unspecified atom stereocenters. The number of amides is 4. The van der Waals surface area contributed by atoms with Crippen LogP contribution in [0.4, 0.5) is 5.82 Å². The van der Waals surface area contributed by atoms with E-state index in [9.17, 15) is 29.1 Å². The van der Waals surface area contributed by atoms with E-state index in [-0.39, 0.29) is 57.3 Å². The average molecular weight is 1000 g/mol. The molecular weight excluding hydrogens is 939 g/mol. The Balaban J connectivity index is 1.09. The molecule has 0 saturated heterocycles. The highest BCUT2D eigenvalue weighted by atomic mass is 16.6. The van der Waals surface area contributed by atoms with E-state index in [2.05, 4.69) is 41.6 Å². The molecule has 20 heteroatoms. The van der Waals surface area contributed by atoms with E-state index in [1.165, 1.54) is 0 Å². The number of carboxylic acid groups (broad SMARTS) is 1. The maximum Gasteiger partial charge on any atom is 0.305 e. The first kappa shape index (κ1) is 56.5. The van der Waals surface area contributed by atoms with E-state index < -0.39 is 29.9 Å². The molecule has 5 rings (SSSR count). The summed E-state index contributed by atoms with van der Waals surface area (Å²) in [5, 5.41) is 28.9. The van der Waals surface area contributed by atoms with Crippen LogP contribution in [0.2, 0.25) is 0 Å². The lowest BCUT2D eigenvalue weighted by Crippen LogP contribution is -2.48. The molecule has 5 aromatic rings. The van der Waals surface area contributed by atoms with Crippen molar-refractivity contribution in [3.8, 4) is 11.1 Å². The van der Waals surface area contributed by atoms with E-state index in [0.717, 1.165) is 33.5 Å². The summed E-state index contributed by atoms with van der Waals surface area (Å²) in [5.74, 6) is -2.02. The van der Waals surface area contributed by atoms with Gasteiger partial charge >= 0.3 is 5.97 Å². The van der Waals surface area contributed by atoms with E-state index in [1.54, 1.807) is 24.4 Å². The van der Waals surface area contributed by atoms with Crippen molar-refractivity contribution < 1.29 is 52.8 Å². The van der Waals surface area contributed by atoms with Gasteiger partial charge in [-0.3, -0.25) is 24.0 Å². The maximum absolute atomic E-state index is 14.1. The fraction of sp³-hybridized carbons (Fsp3) is 0.396. The monoisotopic (exact) mass is 1000 g/mol. The lowest BCUT2D eigenvalue weighted by molar-refractivity contribution is -0.138. The Morgan fingerprint density at radius 3 is 2.00 bits per heavy atom. The van der Waals surface area contributed by atoms with Gasteiger partial charge in [0.2, 0.25) is 17.7 Å². The normalized spacial score (nSPS) is 11.7. The number of fused-ring (bicyclic) bond motifs is 1. The van der Waals surface area contributed by atoms with Crippen molar-refractivity contribution in [2.75, 3.05) is 97.6 Å². The number of rotatable bonds is 35. The standard InChI is InChI=1S/C53H65N9O11/c1-38-19-21-56-48(34-38)55-20-7-12-49(63)58-37-50(64)60-46(36-51(65)66)41-15-13-40(14-16-41)42-17-18-45(44-11-6-5-10-43(42)44)52(67)61-47(35-39-8-3-2-4-9-39)53(68)57-22-24-69-26-28-71-30-32-73-33-31-72-29-27-70-25-23-59-62-54/h2-6,8-11,13-19,21,34,46-47H,7,12,20,22-33,35-37H2,1H3,(H,55,56)(H,57,68)(H,58,63)(H,60,64)(H,61,67)(H,65,66)/t46-,47-/m0/s1. The summed E-state index contributed by atoms with van der Waals surface area (Å²) in [4.78, 5) is 71.9. The number of anilines is 1. The average Bonchev–Trinajstić information content (AvgIpc) is 3.39. The number of pyridine rings is 1. The van der Waals surface area contributed by atoms with Gasteiger partial charge in [0.25, 0.3) is 5.91 Å². The molecule has 1 aromatic heterocycles. The van der Waals surface area contributed by atoms with Gasteiger partial charge in [0.15, 0.2) is 0 Å². The van der Waals surface area contributed by atoms with Gasteiger partial charge in [-0.25, -0.2) is 4.98 Å². The summed E-state index contributed by atoms with van der Waals surface area (Å²) < 4.78 is 27.4. The van der Waals surface area contributed by atoms with Gasteiger partial charge in [-0.05, 0) is 75.7 Å². The molecule has 0 aliphatic heterocycles. The summed E-state index contributed by atoms with van der Waals surface area (Å²) in [6.07, 6.45) is 2.29.